The molecule has 23 heavy (non-hydrogen) atoms. The number of ether oxygens (including phenoxy) is 1. The lowest BCUT2D eigenvalue weighted by molar-refractivity contribution is 0.102. The molecule has 1 aromatic heterocycles. The zero-order valence-corrected chi connectivity index (χ0v) is 15.1. The number of anilines is 1. The third kappa shape index (κ3) is 2.70. The number of methoxy groups -OCH3 is 1. The van der Waals surface area contributed by atoms with Crippen molar-refractivity contribution in [1.82, 2.24) is 0 Å². The van der Waals surface area contributed by atoms with E-state index < -0.39 is 5.91 Å². The Bertz CT molecular complexity index is 890. The number of hydrogen-bond donors (Lipinski definition) is 2. The van der Waals surface area contributed by atoms with Crippen LogP contribution in [0.1, 0.15) is 10.4 Å². The molecule has 3 rings (SSSR count). The van der Waals surface area contributed by atoms with Gasteiger partial charge in [0.05, 0.1) is 17.0 Å². The number of phenols is 1. The molecular formula is C16H11Br2NO4. The molecule has 118 valence electrons. The number of nitrogens with one attached hydrogen (secondary N) is 1. The number of phenolic OH excluding ortho intramolecular Hbond substituents is 1. The van der Waals surface area contributed by atoms with E-state index in [1.807, 2.05) is 6.07 Å². The van der Waals surface area contributed by atoms with Crippen LogP contribution in [0.25, 0.3) is 11.0 Å². The molecule has 1 amide bonds. The van der Waals surface area contributed by atoms with Gasteiger partial charge in [-0.05, 0) is 44.0 Å². The zero-order valence-electron chi connectivity index (χ0n) is 11.9. The van der Waals surface area contributed by atoms with Crippen molar-refractivity contribution in [2.45, 2.75) is 0 Å². The van der Waals surface area contributed by atoms with Crippen molar-refractivity contribution in [2.75, 3.05) is 12.4 Å². The molecule has 0 atom stereocenters. The van der Waals surface area contributed by atoms with Crippen molar-refractivity contribution in [2.24, 2.45) is 0 Å². The lowest BCUT2D eigenvalue weighted by Crippen LogP contribution is -2.14. The summed E-state index contributed by atoms with van der Waals surface area (Å²) >= 11 is 6.62. The topological polar surface area (TPSA) is 71.7 Å². The fourth-order valence-electron chi connectivity index (χ4n) is 2.29. The van der Waals surface area contributed by atoms with Crippen LogP contribution >= 0.6 is 31.9 Å². The average Bonchev–Trinajstić information content (AvgIpc) is 2.93. The van der Waals surface area contributed by atoms with Gasteiger partial charge in [-0.15, -0.1) is 0 Å². The van der Waals surface area contributed by atoms with Gasteiger partial charge in [-0.2, -0.15) is 0 Å². The summed E-state index contributed by atoms with van der Waals surface area (Å²) < 4.78 is 11.7. The summed E-state index contributed by atoms with van der Waals surface area (Å²) in [6.07, 6.45) is 1.47. The molecule has 0 aliphatic rings. The van der Waals surface area contributed by atoms with Gasteiger partial charge in [0.1, 0.15) is 27.8 Å². The second-order valence-corrected chi connectivity index (χ2v) is 6.33. The van der Waals surface area contributed by atoms with Crippen LogP contribution in [-0.2, 0) is 0 Å². The van der Waals surface area contributed by atoms with E-state index in [1.165, 1.54) is 13.4 Å². The van der Waals surface area contributed by atoms with Gasteiger partial charge in [0.2, 0.25) is 0 Å². The largest absolute Gasteiger partial charge is 0.506 e. The molecule has 0 unspecified atom stereocenters. The van der Waals surface area contributed by atoms with Crippen LogP contribution in [0.3, 0.4) is 0 Å². The van der Waals surface area contributed by atoms with Crippen molar-refractivity contribution in [3.8, 4) is 11.5 Å². The maximum Gasteiger partial charge on any atom is 0.263 e. The lowest BCUT2D eigenvalue weighted by Gasteiger charge is -2.13. The zero-order chi connectivity index (χ0) is 16.6. The minimum absolute atomic E-state index is 0.0258. The highest BCUT2D eigenvalue weighted by molar-refractivity contribution is 9.11. The Kier molecular flexibility index (Phi) is 4.32. The SMILES string of the molecule is COc1c(C(=O)Nc2ccccc2)c(O)c(Br)c2occ(Br)c12. The highest BCUT2D eigenvalue weighted by Crippen LogP contribution is 2.46. The van der Waals surface area contributed by atoms with Crippen LogP contribution in [0.15, 0.2) is 50.0 Å². The molecule has 0 aliphatic heterocycles. The molecule has 2 aromatic carbocycles. The van der Waals surface area contributed by atoms with E-state index in [0.717, 1.165) is 0 Å². The van der Waals surface area contributed by atoms with Crippen LogP contribution in [0, 0.1) is 0 Å². The average molecular weight is 441 g/mol. The summed E-state index contributed by atoms with van der Waals surface area (Å²) in [6.45, 7) is 0. The maximum absolute atomic E-state index is 12.6. The molecule has 3 aromatic rings. The van der Waals surface area contributed by atoms with Crippen molar-refractivity contribution >= 4 is 54.4 Å². The molecule has 0 aliphatic carbocycles. The van der Waals surface area contributed by atoms with E-state index in [2.05, 4.69) is 37.2 Å². The van der Waals surface area contributed by atoms with E-state index in [1.54, 1.807) is 24.3 Å². The number of fused-ring (bicyclic) bond motifs is 1. The molecule has 0 saturated heterocycles. The fraction of sp³-hybridized carbons (Fsp3) is 0.0625. The third-order valence-corrected chi connectivity index (χ3v) is 4.63. The summed E-state index contributed by atoms with van der Waals surface area (Å²) in [5.74, 6) is -0.499. The van der Waals surface area contributed by atoms with E-state index in [4.69, 9.17) is 9.15 Å². The Morgan fingerprint density at radius 3 is 2.61 bits per heavy atom. The first kappa shape index (κ1) is 15.9. The summed E-state index contributed by atoms with van der Waals surface area (Å²) in [7, 11) is 1.43. The van der Waals surface area contributed by atoms with E-state index in [9.17, 15) is 9.90 Å². The molecule has 0 bridgehead atoms. The van der Waals surface area contributed by atoms with Gasteiger partial charge >= 0.3 is 0 Å². The number of amides is 1. The first-order valence-electron chi connectivity index (χ1n) is 6.56. The Morgan fingerprint density at radius 2 is 1.96 bits per heavy atom. The van der Waals surface area contributed by atoms with Gasteiger partial charge in [-0.3, -0.25) is 4.79 Å². The molecular weight excluding hydrogens is 430 g/mol. The van der Waals surface area contributed by atoms with Gasteiger partial charge < -0.3 is 19.6 Å². The van der Waals surface area contributed by atoms with Gasteiger partial charge in [0.25, 0.3) is 5.91 Å². The van der Waals surface area contributed by atoms with Gasteiger partial charge in [-0.25, -0.2) is 0 Å². The van der Waals surface area contributed by atoms with E-state index in [-0.39, 0.29) is 21.5 Å². The van der Waals surface area contributed by atoms with Crippen LogP contribution < -0.4 is 10.1 Å². The minimum atomic E-state index is -0.485. The number of para-hydroxylation sites is 1. The quantitative estimate of drug-likeness (QED) is 0.606. The second kappa shape index (κ2) is 6.25. The summed E-state index contributed by atoms with van der Waals surface area (Å²) in [4.78, 5) is 12.6. The van der Waals surface area contributed by atoms with Crippen molar-refractivity contribution in [3.63, 3.8) is 0 Å². The van der Waals surface area contributed by atoms with Crippen LogP contribution in [0.4, 0.5) is 5.69 Å². The number of aromatic hydroxyl groups is 1. The van der Waals surface area contributed by atoms with Crippen molar-refractivity contribution < 1.29 is 19.1 Å². The lowest BCUT2D eigenvalue weighted by atomic mass is 10.1. The van der Waals surface area contributed by atoms with Crippen LogP contribution in [-0.4, -0.2) is 18.1 Å². The van der Waals surface area contributed by atoms with Gasteiger partial charge in [0, 0.05) is 5.69 Å². The number of rotatable bonds is 3. The second-order valence-electron chi connectivity index (χ2n) is 4.68. The summed E-state index contributed by atoms with van der Waals surface area (Å²) in [5.41, 5.74) is 1.03. The summed E-state index contributed by atoms with van der Waals surface area (Å²) in [5, 5.41) is 13.7. The first-order valence-corrected chi connectivity index (χ1v) is 8.14. The Labute approximate surface area is 148 Å². The number of furan rings is 1. The monoisotopic (exact) mass is 439 g/mol. The predicted molar refractivity (Wildman–Crippen MR) is 94.2 cm³/mol. The normalized spacial score (nSPS) is 10.7. The molecule has 7 heteroatoms. The van der Waals surface area contributed by atoms with E-state index >= 15 is 0 Å². The first-order chi connectivity index (χ1) is 11.0. The number of carbonyl (C=O) groups is 1. The number of halogens is 2. The number of carbonyl (C=O) groups excluding carboxylic acids is 1. The fourth-order valence-corrected chi connectivity index (χ4v) is 3.23. The van der Waals surface area contributed by atoms with Gasteiger partial charge in [-0.1, -0.05) is 18.2 Å². The molecule has 0 saturated carbocycles. The molecule has 0 fully saturated rings. The molecule has 5 nitrogen and oxygen atoms in total. The number of hydrogen-bond acceptors (Lipinski definition) is 4. The smallest absolute Gasteiger partial charge is 0.263 e. The highest BCUT2D eigenvalue weighted by atomic mass is 79.9. The third-order valence-electron chi connectivity index (χ3n) is 3.31. The number of benzene rings is 2. The van der Waals surface area contributed by atoms with Crippen LogP contribution in [0.5, 0.6) is 11.5 Å². The highest BCUT2D eigenvalue weighted by Gasteiger charge is 2.27. The Morgan fingerprint density at radius 1 is 1.26 bits per heavy atom. The van der Waals surface area contributed by atoms with Crippen LogP contribution in [0.2, 0.25) is 0 Å². The van der Waals surface area contributed by atoms with Gasteiger partial charge in [0.15, 0.2) is 5.58 Å². The molecule has 0 spiro atoms. The molecule has 0 radical (unpaired) electrons. The van der Waals surface area contributed by atoms with Crippen molar-refractivity contribution in [3.05, 3.63) is 51.1 Å². The minimum Gasteiger partial charge on any atom is -0.506 e. The van der Waals surface area contributed by atoms with Crippen molar-refractivity contribution in [1.29, 1.82) is 0 Å². The summed E-state index contributed by atoms with van der Waals surface area (Å²) in [6, 6.07) is 8.96. The Balaban J connectivity index is 2.18. The molecule has 2 N–H and O–H groups in total. The maximum atomic E-state index is 12.6. The standard InChI is InChI=1S/C16H11Br2NO4/c1-22-14-10-9(17)7-23-15(10)12(18)13(20)11(14)16(21)19-8-5-3-2-4-6-8/h2-7,20H,1H3,(H,19,21). The predicted octanol–water partition coefficient (Wildman–Crippen LogP) is 4.92. The Hall–Kier alpha value is -1.99. The molecule has 1 heterocycles. The van der Waals surface area contributed by atoms with E-state index in [0.29, 0.717) is 21.1 Å².